The number of aromatic nitrogens is 1. The summed E-state index contributed by atoms with van der Waals surface area (Å²) >= 11 is 0. The van der Waals surface area contributed by atoms with Crippen molar-refractivity contribution in [2.75, 3.05) is 7.11 Å². The molecule has 90 valence electrons. The number of ether oxygens (including phenoxy) is 1. The van der Waals surface area contributed by atoms with Gasteiger partial charge < -0.3 is 14.3 Å². The highest BCUT2D eigenvalue weighted by Gasteiger charge is 2.09. The molecule has 0 fully saturated rings. The molecule has 0 saturated carbocycles. The van der Waals surface area contributed by atoms with E-state index in [1.54, 1.807) is 25.3 Å². The highest BCUT2D eigenvalue weighted by molar-refractivity contribution is 5.77. The molecule has 0 aliphatic heterocycles. The van der Waals surface area contributed by atoms with Crippen molar-refractivity contribution in [2.45, 2.75) is 0 Å². The third-order valence-electron chi connectivity index (χ3n) is 2.69. The van der Waals surface area contributed by atoms with Crippen LogP contribution in [0.2, 0.25) is 0 Å². The molecule has 0 atom stereocenters. The second-order valence-electron chi connectivity index (χ2n) is 3.90. The fourth-order valence-corrected chi connectivity index (χ4v) is 1.80. The second-order valence-corrected chi connectivity index (χ2v) is 3.90. The second kappa shape index (κ2) is 4.07. The van der Waals surface area contributed by atoms with Crippen LogP contribution < -0.4 is 4.74 Å². The number of hydrogen-bond acceptors (Lipinski definition) is 4. The maximum absolute atomic E-state index is 9.39. The maximum atomic E-state index is 9.39. The first-order chi connectivity index (χ1) is 8.76. The maximum Gasteiger partial charge on any atom is 0.227 e. The van der Waals surface area contributed by atoms with Gasteiger partial charge >= 0.3 is 0 Å². The van der Waals surface area contributed by atoms with Crippen LogP contribution in [-0.4, -0.2) is 17.2 Å². The van der Waals surface area contributed by atoms with Crippen molar-refractivity contribution in [3.05, 3.63) is 42.5 Å². The lowest BCUT2D eigenvalue weighted by molar-refractivity contribution is 0.415. The SMILES string of the molecule is COc1cccc(-c2nc3cc(O)ccc3o2)c1. The van der Waals surface area contributed by atoms with Gasteiger partial charge in [-0.1, -0.05) is 6.07 Å². The average Bonchev–Trinajstić information content (AvgIpc) is 2.81. The van der Waals surface area contributed by atoms with Crippen molar-refractivity contribution < 1.29 is 14.3 Å². The summed E-state index contributed by atoms with van der Waals surface area (Å²) in [7, 11) is 1.61. The van der Waals surface area contributed by atoms with Gasteiger partial charge in [0.15, 0.2) is 5.58 Å². The molecule has 0 bridgehead atoms. The van der Waals surface area contributed by atoms with E-state index in [0.29, 0.717) is 17.0 Å². The third-order valence-corrected chi connectivity index (χ3v) is 2.69. The number of phenolic OH excluding ortho intramolecular Hbond substituents is 1. The van der Waals surface area contributed by atoms with E-state index in [9.17, 15) is 5.11 Å². The largest absolute Gasteiger partial charge is 0.508 e. The number of hydrogen-bond donors (Lipinski definition) is 1. The molecule has 1 heterocycles. The Morgan fingerprint density at radius 3 is 2.89 bits per heavy atom. The monoisotopic (exact) mass is 241 g/mol. The molecule has 3 aromatic rings. The zero-order chi connectivity index (χ0) is 12.5. The normalized spacial score (nSPS) is 10.7. The van der Waals surface area contributed by atoms with Crippen LogP contribution in [-0.2, 0) is 0 Å². The van der Waals surface area contributed by atoms with Gasteiger partial charge in [-0.3, -0.25) is 0 Å². The molecular weight excluding hydrogens is 230 g/mol. The molecule has 0 saturated heterocycles. The fraction of sp³-hybridized carbons (Fsp3) is 0.0714. The average molecular weight is 241 g/mol. The summed E-state index contributed by atoms with van der Waals surface area (Å²) in [4.78, 5) is 4.34. The Labute approximate surface area is 103 Å². The number of oxazole rings is 1. The van der Waals surface area contributed by atoms with Crippen LogP contribution in [0.4, 0.5) is 0 Å². The van der Waals surface area contributed by atoms with Crippen LogP contribution in [0.1, 0.15) is 0 Å². The van der Waals surface area contributed by atoms with Gasteiger partial charge in [0.2, 0.25) is 5.89 Å². The Morgan fingerprint density at radius 2 is 2.06 bits per heavy atom. The van der Waals surface area contributed by atoms with Crippen LogP contribution >= 0.6 is 0 Å². The van der Waals surface area contributed by atoms with Gasteiger partial charge in [-0.25, -0.2) is 4.98 Å². The minimum absolute atomic E-state index is 0.174. The minimum Gasteiger partial charge on any atom is -0.508 e. The Morgan fingerprint density at radius 1 is 1.17 bits per heavy atom. The molecule has 2 aromatic carbocycles. The van der Waals surface area contributed by atoms with Crippen molar-refractivity contribution >= 4 is 11.1 Å². The van der Waals surface area contributed by atoms with E-state index in [1.807, 2.05) is 24.3 Å². The van der Waals surface area contributed by atoms with Gasteiger partial charge in [-0.2, -0.15) is 0 Å². The highest BCUT2D eigenvalue weighted by atomic mass is 16.5. The molecule has 3 rings (SSSR count). The van der Waals surface area contributed by atoms with Crippen LogP contribution in [0.25, 0.3) is 22.6 Å². The van der Waals surface area contributed by atoms with Crippen LogP contribution in [0.15, 0.2) is 46.9 Å². The van der Waals surface area contributed by atoms with Gasteiger partial charge in [0.25, 0.3) is 0 Å². The van der Waals surface area contributed by atoms with Crippen molar-refractivity contribution in [3.8, 4) is 23.0 Å². The number of rotatable bonds is 2. The summed E-state index contributed by atoms with van der Waals surface area (Å²) in [5.41, 5.74) is 2.11. The Bertz CT molecular complexity index is 703. The Hall–Kier alpha value is -2.49. The predicted molar refractivity (Wildman–Crippen MR) is 67.7 cm³/mol. The lowest BCUT2D eigenvalue weighted by Crippen LogP contribution is -1.83. The van der Waals surface area contributed by atoms with Crippen molar-refractivity contribution in [1.82, 2.24) is 4.98 Å². The van der Waals surface area contributed by atoms with Gasteiger partial charge in [-0.15, -0.1) is 0 Å². The summed E-state index contributed by atoms with van der Waals surface area (Å²) in [5.74, 6) is 1.43. The first-order valence-electron chi connectivity index (χ1n) is 5.50. The quantitative estimate of drug-likeness (QED) is 0.748. The Kier molecular flexibility index (Phi) is 2.41. The van der Waals surface area contributed by atoms with E-state index >= 15 is 0 Å². The molecule has 0 amide bonds. The summed E-state index contributed by atoms with van der Waals surface area (Å²) in [6, 6.07) is 12.3. The van der Waals surface area contributed by atoms with E-state index in [4.69, 9.17) is 9.15 Å². The first-order valence-corrected chi connectivity index (χ1v) is 5.50. The molecule has 0 spiro atoms. The fourth-order valence-electron chi connectivity index (χ4n) is 1.80. The lowest BCUT2D eigenvalue weighted by atomic mass is 10.2. The van der Waals surface area contributed by atoms with Crippen LogP contribution in [0, 0.1) is 0 Å². The molecule has 4 heteroatoms. The van der Waals surface area contributed by atoms with E-state index in [0.717, 1.165) is 11.3 Å². The third kappa shape index (κ3) is 1.78. The molecule has 0 aliphatic rings. The molecule has 4 nitrogen and oxygen atoms in total. The summed E-state index contributed by atoms with van der Waals surface area (Å²) in [6.07, 6.45) is 0. The molecular formula is C14H11NO3. The first kappa shape index (κ1) is 10.7. The number of aromatic hydroxyl groups is 1. The van der Waals surface area contributed by atoms with Crippen molar-refractivity contribution in [2.24, 2.45) is 0 Å². The number of phenols is 1. The van der Waals surface area contributed by atoms with Crippen LogP contribution in [0.5, 0.6) is 11.5 Å². The molecule has 0 unspecified atom stereocenters. The van der Waals surface area contributed by atoms with Crippen molar-refractivity contribution in [1.29, 1.82) is 0 Å². The van der Waals surface area contributed by atoms with E-state index in [-0.39, 0.29) is 5.75 Å². The molecule has 1 aromatic heterocycles. The standard InChI is InChI=1S/C14H11NO3/c1-17-11-4-2-3-9(7-11)14-15-12-8-10(16)5-6-13(12)18-14/h2-8,16H,1H3. The minimum atomic E-state index is 0.174. The lowest BCUT2D eigenvalue weighted by Gasteiger charge is -2.00. The smallest absolute Gasteiger partial charge is 0.227 e. The molecule has 0 radical (unpaired) electrons. The van der Waals surface area contributed by atoms with E-state index in [1.165, 1.54) is 0 Å². The topological polar surface area (TPSA) is 55.5 Å². The summed E-state index contributed by atoms with van der Waals surface area (Å²) in [5, 5.41) is 9.39. The summed E-state index contributed by atoms with van der Waals surface area (Å²) in [6.45, 7) is 0. The number of benzene rings is 2. The molecule has 1 N–H and O–H groups in total. The van der Waals surface area contributed by atoms with Gasteiger partial charge in [0.1, 0.15) is 17.0 Å². The van der Waals surface area contributed by atoms with Gasteiger partial charge in [-0.05, 0) is 30.3 Å². The number of nitrogens with zero attached hydrogens (tertiary/aromatic N) is 1. The number of methoxy groups -OCH3 is 1. The van der Waals surface area contributed by atoms with Crippen molar-refractivity contribution in [3.63, 3.8) is 0 Å². The Balaban J connectivity index is 2.13. The zero-order valence-corrected chi connectivity index (χ0v) is 9.75. The highest BCUT2D eigenvalue weighted by Crippen LogP contribution is 2.28. The van der Waals surface area contributed by atoms with Gasteiger partial charge in [0, 0.05) is 11.6 Å². The summed E-state index contributed by atoms with van der Waals surface area (Å²) < 4.78 is 10.8. The van der Waals surface area contributed by atoms with E-state index < -0.39 is 0 Å². The van der Waals surface area contributed by atoms with Gasteiger partial charge in [0.05, 0.1) is 7.11 Å². The predicted octanol–water partition coefficient (Wildman–Crippen LogP) is 3.21. The zero-order valence-electron chi connectivity index (χ0n) is 9.75. The molecule has 18 heavy (non-hydrogen) atoms. The van der Waals surface area contributed by atoms with E-state index in [2.05, 4.69) is 4.98 Å². The molecule has 0 aliphatic carbocycles. The number of fused-ring (bicyclic) bond motifs is 1. The van der Waals surface area contributed by atoms with Crippen LogP contribution in [0.3, 0.4) is 0 Å².